The van der Waals surface area contributed by atoms with Gasteiger partial charge in [-0.25, -0.2) is 0 Å². The molecule has 0 atom stereocenters. The summed E-state index contributed by atoms with van der Waals surface area (Å²) >= 11 is 0. The Labute approximate surface area is 106 Å². The molecule has 0 spiro atoms. The molecule has 0 fully saturated rings. The van der Waals surface area contributed by atoms with Crippen LogP contribution in [0, 0.1) is 0 Å². The molecule has 2 N–H and O–H groups in total. The van der Waals surface area contributed by atoms with Gasteiger partial charge in [0.25, 0.3) is 0 Å². The van der Waals surface area contributed by atoms with Crippen LogP contribution in [0.4, 0.5) is 0 Å². The van der Waals surface area contributed by atoms with E-state index in [4.69, 9.17) is 0 Å². The minimum absolute atomic E-state index is 0.267. The summed E-state index contributed by atoms with van der Waals surface area (Å²) in [6.07, 6.45) is 3.65. The van der Waals surface area contributed by atoms with Crippen molar-refractivity contribution in [1.29, 1.82) is 0 Å². The molecule has 102 valence electrons. The van der Waals surface area contributed by atoms with Gasteiger partial charge in [0, 0.05) is 26.7 Å². The molecule has 0 aromatic carbocycles. The van der Waals surface area contributed by atoms with Gasteiger partial charge in [-0.2, -0.15) is 0 Å². The largest absolute Gasteiger partial charge is 0.297 e. The van der Waals surface area contributed by atoms with Gasteiger partial charge in [-0.15, -0.1) is 0 Å². The smallest absolute Gasteiger partial charge is 0.226 e. The third-order valence-electron chi connectivity index (χ3n) is 2.19. The van der Waals surface area contributed by atoms with Crippen molar-refractivity contribution in [2.24, 2.45) is 0 Å². The Hall–Kier alpha value is -1.72. The fraction of sp³-hybridized carbons (Fsp3) is 0.667. The zero-order valence-corrected chi connectivity index (χ0v) is 10.9. The second-order valence-corrected chi connectivity index (χ2v) is 4.12. The van der Waals surface area contributed by atoms with Crippen LogP contribution in [0.2, 0.25) is 0 Å². The van der Waals surface area contributed by atoms with Crippen LogP contribution in [0.5, 0.6) is 0 Å². The van der Waals surface area contributed by atoms with E-state index in [0.29, 0.717) is 25.7 Å². The molecule has 4 amide bonds. The molecular weight excluding hydrogens is 236 g/mol. The highest BCUT2D eigenvalue weighted by Gasteiger charge is 2.04. The molecular formula is C12H20N2O4. The van der Waals surface area contributed by atoms with Crippen LogP contribution in [0.15, 0.2) is 0 Å². The van der Waals surface area contributed by atoms with E-state index in [1.165, 1.54) is 13.8 Å². The van der Waals surface area contributed by atoms with E-state index in [1.807, 2.05) is 0 Å². The Balaban J connectivity index is 3.41. The van der Waals surface area contributed by atoms with Crippen LogP contribution in [0.1, 0.15) is 52.4 Å². The molecule has 0 rings (SSSR count). The molecule has 0 aromatic rings. The Morgan fingerprint density at radius 1 is 0.667 bits per heavy atom. The minimum Gasteiger partial charge on any atom is -0.297 e. The number of rotatable bonds is 7. The topological polar surface area (TPSA) is 92.3 Å². The van der Waals surface area contributed by atoms with Crippen molar-refractivity contribution in [3.63, 3.8) is 0 Å². The van der Waals surface area contributed by atoms with E-state index >= 15 is 0 Å². The summed E-state index contributed by atoms with van der Waals surface area (Å²) in [5, 5.41) is 4.39. The molecule has 6 heteroatoms. The second kappa shape index (κ2) is 9.32. The zero-order chi connectivity index (χ0) is 14.0. The van der Waals surface area contributed by atoms with Crippen LogP contribution in [0.25, 0.3) is 0 Å². The Bertz CT molecular complexity index is 294. The summed E-state index contributed by atoms with van der Waals surface area (Å²) in [5.41, 5.74) is 0. The molecule has 0 aliphatic rings. The first-order chi connectivity index (χ1) is 8.41. The summed E-state index contributed by atoms with van der Waals surface area (Å²) < 4.78 is 0. The predicted octanol–water partition coefficient (Wildman–Crippen LogP) is 0.652. The van der Waals surface area contributed by atoms with Crippen LogP contribution in [0.3, 0.4) is 0 Å². The van der Waals surface area contributed by atoms with Gasteiger partial charge in [0.1, 0.15) is 0 Å². The molecule has 0 bridgehead atoms. The summed E-state index contributed by atoms with van der Waals surface area (Å²) in [6.45, 7) is 2.59. The predicted molar refractivity (Wildman–Crippen MR) is 65.3 cm³/mol. The number of hydrogen-bond acceptors (Lipinski definition) is 4. The molecule has 0 aromatic heterocycles. The maximum Gasteiger partial charge on any atom is 0.226 e. The lowest BCUT2D eigenvalue weighted by atomic mass is 10.1. The lowest BCUT2D eigenvalue weighted by molar-refractivity contribution is -0.131. The fourth-order valence-corrected chi connectivity index (χ4v) is 1.44. The summed E-state index contributed by atoms with van der Waals surface area (Å²) in [7, 11) is 0. The molecule has 0 radical (unpaired) electrons. The van der Waals surface area contributed by atoms with Crippen molar-refractivity contribution in [1.82, 2.24) is 10.6 Å². The number of nitrogens with one attached hydrogen (secondary N) is 2. The van der Waals surface area contributed by atoms with Gasteiger partial charge in [0.05, 0.1) is 0 Å². The SMILES string of the molecule is CC(=O)NC(=O)CCCCCCC(=O)NC(C)=O. The third kappa shape index (κ3) is 10.8. The van der Waals surface area contributed by atoms with Gasteiger partial charge in [-0.3, -0.25) is 29.8 Å². The van der Waals surface area contributed by atoms with Crippen molar-refractivity contribution < 1.29 is 19.2 Å². The van der Waals surface area contributed by atoms with Crippen LogP contribution in [-0.2, 0) is 19.2 Å². The first-order valence-electron chi connectivity index (χ1n) is 6.02. The van der Waals surface area contributed by atoms with Gasteiger partial charge in [0.15, 0.2) is 0 Å². The number of carbonyl (C=O) groups excluding carboxylic acids is 4. The second-order valence-electron chi connectivity index (χ2n) is 4.12. The Morgan fingerprint density at radius 3 is 1.28 bits per heavy atom. The molecule has 0 heterocycles. The first kappa shape index (κ1) is 16.3. The molecule has 6 nitrogen and oxygen atoms in total. The lowest BCUT2D eigenvalue weighted by Crippen LogP contribution is -2.27. The lowest BCUT2D eigenvalue weighted by Gasteiger charge is -2.02. The molecule has 18 heavy (non-hydrogen) atoms. The highest BCUT2D eigenvalue weighted by Crippen LogP contribution is 2.05. The third-order valence-corrected chi connectivity index (χ3v) is 2.19. The van der Waals surface area contributed by atoms with Gasteiger partial charge < -0.3 is 0 Å². The highest BCUT2D eigenvalue weighted by molar-refractivity contribution is 5.94. The molecule has 0 aliphatic heterocycles. The monoisotopic (exact) mass is 256 g/mol. The number of amides is 4. The van der Waals surface area contributed by atoms with Crippen molar-refractivity contribution in [2.45, 2.75) is 52.4 Å². The number of carbonyl (C=O) groups is 4. The standard InChI is InChI=1S/C12H20N2O4/c1-9(15)13-11(17)7-5-3-4-6-8-12(18)14-10(2)16/h3-8H2,1-2H3,(H,13,15,17)(H,14,16,18). The maximum atomic E-state index is 11.1. The molecule has 0 unspecified atom stereocenters. The summed E-state index contributed by atoms with van der Waals surface area (Å²) in [5.74, 6) is -1.23. The van der Waals surface area contributed by atoms with E-state index in [0.717, 1.165) is 12.8 Å². The first-order valence-corrected chi connectivity index (χ1v) is 6.02. The average molecular weight is 256 g/mol. The highest BCUT2D eigenvalue weighted by atomic mass is 16.2. The number of hydrogen-bond donors (Lipinski definition) is 2. The Morgan fingerprint density at radius 2 is 1.00 bits per heavy atom. The average Bonchev–Trinajstić information content (AvgIpc) is 2.20. The summed E-state index contributed by atoms with van der Waals surface area (Å²) in [6, 6.07) is 0. The van der Waals surface area contributed by atoms with Crippen molar-refractivity contribution in [2.75, 3.05) is 0 Å². The number of imide groups is 2. The van der Waals surface area contributed by atoms with Crippen molar-refractivity contribution in [3.05, 3.63) is 0 Å². The fourth-order valence-electron chi connectivity index (χ4n) is 1.44. The van der Waals surface area contributed by atoms with Crippen molar-refractivity contribution in [3.8, 4) is 0 Å². The minimum atomic E-state index is -0.346. The van der Waals surface area contributed by atoms with Crippen LogP contribution < -0.4 is 10.6 Å². The maximum absolute atomic E-state index is 11.1. The quantitative estimate of drug-likeness (QED) is 0.654. The molecule has 0 saturated heterocycles. The van der Waals surface area contributed by atoms with Gasteiger partial charge >= 0.3 is 0 Å². The summed E-state index contributed by atoms with van der Waals surface area (Å²) in [4.78, 5) is 43.3. The van der Waals surface area contributed by atoms with Crippen LogP contribution in [-0.4, -0.2) is 23.6 Å². The normalized spacial score (nSPS) is 9.67. The van der Waals surface area contributed by atoms with E-state index in [9.17, 15) is 19.2 Å². The van der Waals surface area contributed by atoms with E-state index in [2.05, 4.69) is 10.6 Å². The van der Waals surface area contributed by atoms with Crippen LogP contribution >= 0.6 is 0 Å². The number of unbranched alkanes of at least 4 members (excludes halogenated alkanes) is 3. The zero-order valence-electron chi connectivity index (χ0n) is 10.9. The molecule has 0 saturated carbocycles. The van der Waals surface area contributed by atoms with Crippen molar-refractivity contribution >= 4 is 23.6 Å². The van der Waals surface area contributed by atoms with Gasteiger partial charge in [-0.05, 0) is 12.8 Å². The Kier molecular flexibility index (Phi) is 8.43. The van der Waals surface area contributed by atoms with E-state index in [-0.39, 0.29) is 23.6 Å². The van der Waals surface area contributed by atoms with E-state index in [1.54, 1.807) is 0 Å². The van der Waals surface area contributed by atoms with Gasteiger partial charge in [0.2, 0.25) is 23.6 Å². The van der Waals surface area contributed by atoms with E-state index < -0.39 is 0 Å². The van der Waals surface area contributed by atoms with Gasteiger partial charge in [-0.1, -0.05) is 12.8 Å². The molecule has 0 aliphatic carbocycles.